The molecule has 0 aliphatic carbocycles. The van der Waals surface area contributed by atoms with Crippen LogP contribution in [0.15, 0.2) is 0 Å². The molecular weight excluding hydrogens is 235 g/mol. The molecule has 0 aromatic rings. The van der Waals surface area contributed by atoms with Gasteiger partial charge in [-0.3, -0.25) is 0 Å². The molecule has 12 heavy (non-hydrogen) atoms. The van der Waals surface area contributed by atoms with E-state index in [2.05, 4.69) is 0 Å². The molecule has 0 spiro atoms. The van der Waals surface area contributed by atoms with Crippen LogP contribution in [0.25, 0.3) is 0 Å². The van der Waals surface area contributed by atoms with E-state index < -0.39 is 18.1 Å². The van der Waals surface area contributed by atoms with E-state index in [9.17, 15) is 0 Å². The molecular formula is H3AlMgO8Si2. The number of hydrogen-bond donors (Lipinski definition) is 3. The zero-order chi connectivity index (χ0) is 9.00. The summed E-state index contributed by atoms with van der Waals surface area (Å²) in [5, 5.41) is 0. The van der Waals surface area contributed by atoms with E-state index in [1.807, 2.05) is 0 Å². The molecule has 0 aromatic carbocycles. The van der Waals surface area contributed by atoms with Gasteiger partial charge in [0.2, 0.25) is 0 Å². The summed E-state index contributed by atoms with van der Waals surface area (Å²) in [4.78, 5) is 64.9. The summed E-state index contributed by atoms with van der Waals surface area (Å²) in [7, 11) is -10.5. The third-order valence-corrected chi connectivity index (χ3v) is 0. The third-order valence-electron chi connectivity index (χ3n) is 0. The first-order chi connectivity index (χ1) is 4.00. The molecule has 0 atom stereocenters. The summed E-state index contributed by atoms with van der Waals surface area (Å²) in [6, 6.07) is 0. The molecule has 8 nitrogen and oxygen atoms in total. The van der Waals surface area contributed by atoms with E-state index in [4.69, 9.17) is 38.4 Å². The van der Waals surface area contributed by atoms with Crippen molar-refractivity contribution < 1.29 is 38.4 Å². The Hall–Kier alpha value is 1.41. The van der Waals surface area contributed by atoms with Crippen LogP contribution in [0.3, 0.4) is 0 Å². The normalized spacial score (nSPS) is 10.0. The van der Waals surface area contributed by atoms with Gasteiger partial charge in [-0.1, -0.05) is 0 Å². The van der Waals surface area contributed by atoms with Crippen molar-refractivity contribution in [2.45, 2.75) is 0 Å². The van der Waals surface area contributed by atoms with Crippen LogP contribution in [-0.2, 0) is 0 Å². The van der Waals surface area contributed by atoms with Crippen LogP contribution in [0.2, 0.25) is 0 Å². The van der Waals surface area contributed by atoms with Crippen molar-refractivity contribution in [1.82, 2.24) is 0 Å². The molecule has 12 heteroatoms. The zero-order valence-electron chi connectivity index (χ0n) is 5.67. The quantitative estimate of drug-likeness (QED) is 0.348. The molecule has 0 amide bonds. The van der Waals surface area contributed by atoms with Gasteiger partial charge < -0.3 is 47.4 Å². The maximum absolute atomic E-state index is 8.91. The SMILES string of the molecule is [Al+3].[Mg+2].[O-][Si](O)(O)O.[O-][Si]([O-])([O-])[O-]. The first-order valence-corrected chi connectivity index (χ1v) is 5.07. The van der Waals surface area contributed by atoms with Gasteiger partial charge in [0.15, 0.2) is 0 Å². The molecule has 0 unspecified atom stereocenters. The van der Waals surface area contributed by atoms with E-state index >= 15 is 0 Å². The van der Waals surface area contributed by atoms with E-state index in [1.54, 1.807) is 0 Å². The minimum absolute atomic E-state index is 0. The summed E-state index contributed by atoms with van der Waals surface area (Å²) < 4.78 is 0. The molecule has 0 rings (SSSR count). The first kappa shape index (κ1) is 23.3. The molecule has 0 bridgehead atoms. The summed E-state index contributed by atoms with van der Waals surface area (Å²) >= 11 is 0. The fraction of sp³-hybridized carbons (Fsp3) is 0. The predicted octanol–water partition coefficient (Wildman–Crippen LogP) is -9.14. The number of hydrogen-bond acceptors (Lipinski definition) is 8. The van der Waals surface area contributed by atoms with Crippen molar-refractivity contribution >= 4 is 58.5 Å². The molecule has 3 N–H and O–H groups in total. The molecule has 0 fully saturated rings. The minimum Gasteiger partial charge on any atom is -0.894 e. The molecule has 0 aromatic heterocycles. The Balaban J connectivity index is -0.0000000457. The standard InChI is InChI=1S/Al.Mg.H3O4Si.O4Si/c;;2*1-5(2,3)4/h;;1-3H;/q+3;+2;-1;-4. The van der Waals surface area contributed by atoms with Crippen LogP contribution in [0, 0.1) is 0 Å². The van der Waals surface area contributed by atoms with E-state index in [0.29, 0.717) is 0 Å². The fourth-order valence-electron chi connectivity index (χ4n) is 0. The summed E-state index contributed by atoms with van der Waals surface area (Å²) in [5.41, 5.74) is 0. The van der Waals surface area contributed by atoms with Gasteiger partial charge in [0, 0.05) is 0 Å². The second-order valence-electron chi connectivity index (χ2n) is 1.07. The van der Waals surface area contributed by atoms with Gasteiger partial charge in [0.1, 0.15) is 0 Å². The molecule has 0 saturated heterocycles. The third kappa shape index (κ3) is 620. The van der Waals surface area contributed by atoms with Crippen LogP contribution in [0.5, 0.6) is 0 Å². The van der Waals surface area contributed by atoms with Crippen LogP contribution in [0.4, 0.5) is 0 Å². The largest absolute Gasteiger partial charge is 3.00 e. The van der Waals surface area contributed by atoms with Crippen molar-refractivity contribution in [2.75, 3.05) is 0 Å². The summed E-state index contributed by atoms with van der Waals surface area (Å²) in [5.74, 6) is 0. The van der Waals surface area contributed by atoms with Gasteiger partial charge >= 0.3 is 49.5 Å². The number of rotatable bonds is 0. The first-order valence-electron chi connectivity index (χ1n) is 1.69. The molecule has 0 aliphatic rings. The Morgan fingerprint density at radius 3 is 0.750 bits per heavy atom. The average molecular weight is 238 g/mol. The average Bonchev–Trinajstić information content (AvgIpc) is 1.12. The van der Waals surface area contributed by atoms with Gasteiger partial charge in [0.05, 0.1) is 0 Å². The van der Waals surface area contributed by atoms with Crippen LogP contribution in [0.1, 0.15) is 0 Å². The monoisotopic (exact) mass is 238 g/mol. The van der Waals surface area contributed by atoms with Gasteiger partial charge in [-0.2, -0.15) is 0 Å². The van der Waals surface area contributed by atoms with Crippen LogP contribution < -0.4 is 24.0 Å². The predicted molar refractivity (Wildman–Crippen MR) is 29.7 cm³/mol. The van der Waals surface area contributed by atoms with E-state index in [0.717, 1.165) is 0 Å². The van der Waals surface area contributed by atoms with Crippen molar-refractivity contribution in [1.29, 1.82) is 0 Å². The Morgan fingerprint density at radius 2 is 0.750 bits per heavy atom. The maximum atomic E-state index is 8.91. The van der Waals surface area contributed by atoms with Gasteiger partial charge in [-0.15, -0.1) is 0 Å². The smallest absolute Gasteiger partial charge is 0.894 e. The summed E-state index contributed by atoms with van der Waals surface area (Å²) in [6.45, 7) is 0. The Labute approximate surface area is 96.6 Å². The van der Waals surface area contributed by atoms with Gasteiger partial charge in [-0.05, 0) is 0 Å². The second-order valence-corrected chi connectivity index (χ2v) is 3.22. The maximum Gasteiger partial charge on any atom is 3.00 e. The fourth-order valence-corrected chi connectivity index (χ4v) is 0. The molecule has 0 aliphatic heterocycles. The topological polar surface area (TPSA) is 176 Å². The minimum atomic E-state index is -5.61. The molecule has 0 radical (unpaired) electrons. The second kappa shape index (κ2) is 8.99. The van der Waals surface area contributed by atoms with Crippen LogP contribution in [-0.4, -0.2) is 72.9 Å². The molecule has 0 heterocycles. The Morgan fingerprint density at radius 1 is 0.750 bits per heavy atom. The van der Waals surface area contributed by atoms with Gasteiger partial charge in [0.25, 0.3) is 0 Å². The van der Waals surface area contributed by atoms with Crippen LogP contribution >= 0.6 is 0 Å². The van der Waals surface area contributed by atoms with Crippen molar-refractivity contribution in [3.8, 4) is 0 Å². The van der Waals surface area contributed by atoms with Crippen molar-refractivity contribution in [3.05, 3.63) is 0 Å². The van der Waals surface area contributed by atoms with E-state index in [1.165, 1.54) is 0 Å². The molecule has 64 valence electrons. The van der Waals surface area contributed by atoms with Gasteiger partial charge in [-0.25, -0.2) is 0 Å². The zero-order valence-corrected chi connectivity index (χ0v) is 10.2. The van der Waals surface area contributed by atoms with Crippen molar-refractivity contribution in [3.63, 3.8) is 0 Å². The van der Waals surface area contributed by atoms with E-state index in [-0.39, 0.29) is 40.4 Å². The Kier molecular flexibility index (Phi) is 17.5. The van der Waals surface area contributed by atoms with Crippen molar-refractivity contribution in [2.24, 2.45) is 0 Å². The Bertz CT molecular complexity index is 60.0. The molecule has 0 saturated carbocycles. The summed E-state index contributed by atoms with van der Waals surface area (Å²) in [6.07, 6.45) is 0.